The fourth-order valence-corrected chi connectivity index (χ4v) is 5.18. The van der Waals surface area contributed by atoms with Crippen LogP contribution in [0.5, 0.6) is 17.2 Å². The fraction of sp³-hybridized carbons (Fsp3) is 0.211. The van der Waals surface area contributed by atoms with E-state index in [1.165, 1.54) is 33.4 Å². The highest BCUT2D eigenvalue weighted by molar-refractivity contribution is 5.54. The van der Waals surface area contributed by atoms with E-state index in [2.05, 4.69) is 95.1 Å². The highest BCUT2D eigenvalue weighted by atomic mass is 16.5. The lowest BCUT2D eigenvalue weighted by atomic mass is 9.70. The van der Waals surface area contributed by atoms with Gasteiger partial charge in [0, 0.05) is 11.3 Å². The molecule has 210 valence electrons. The SMILES string of the molecule is C=CCOc1ccc(C(C)c2cc(C(C)(c3ccc(OCC=C)cc3)c3ccc(OCC=C)cc3)ccc2C)cc1. The molecule has 0 fully saturated rings. The van der Waals surface area contributed by atoms with Gasteiger partial charge in [-0.25, -0.2) is 0 Å². The minimum atomic E-state index is -0.418. The van der Waals surface area contributed by atoms with Crippen molar-refractivity contribution in [2.75, 3.05) is 19.8 Å². The molecule has 0 aromatic heterocycles. The Morgan fingerprint density at radius 2 is 1.00 bits per heavy atom. The van der Waals surface area contributed by atoms with Gasteiger partial charge in [-0.3, -0.25) is 0 Å². The van der Waals surface area contributed by atoms with Crippen molar-refractivity contribution in [3.63, 3.8) is 0 Å². The van der Waals surface area contributed by atoms with E-state index < -0.39 is 5.41 Å². The first-order valence-electron chi connectivity index (χ1n) is 14.0. The molecule has 0 aliphatic rings. The van der Waals surface area contributed by atoms with Gasteiger partial charge in [0.15, 0.2) is 0 Å². The minimum absolute atomic E-state index is 0.206. The third kappa shape index (κ3) is 6.81. The summed E-state index contributed by atoms with van der Waals surface area (Å²) in [7, 11) is 0. The number of aryl methyl sites for hydroxylation is 1. The van der Waals surface area contributed by atoms with Gasteiger partial charge in [-0.2, -0.15) is 0 Å². The molecule has 1 atom stereocenters. The normalized spacial score (nSPS) is 11.8. The Balaban J connectivity index is 1.76. The van der Waals surface area contributed by atoms with Gasteiger partial charge in [0.2, 0.25) is 0 Å². The summed E-state index contributed by atoms with van der Waals surface area (Å²) in [6, 6.07) is 32.0. The van der Waals surface area contributed by atoms with Gasteiger partial charge >= 0.3 is 0 Å². The molecule has 0 heterocycles. The van der Waals surface area contributed by atoms with Crippen LogP contribution < -0.4 is 14.2 Å². The summed E-state index contributed by atoms with van der Waals surface area (Å²) in [4.78, 5) is 0. The smallest absolute Gasteiger partial charge is 0.119 e. The predicted molar refractivity (Wildman–Crippen MR) is 171 cm³/mol. The van der Waals surface area contributed by atoms with Gasteiger partial charge in [-0.1, -0.05) is 99.5 Å². The van der Waals surface area contributed by atoms with Gasteiger partial charge in [0.1, 0.15) is 37.1 Å². The van der Waals surface area contributed by atoms with Gasteiger partial charge < -0.3 is 14.2 Å². The zero-order valence-corrected chi connectivity index (χ0v) is 24.4. The van der Waals surface area contributed by atoms with Crippen molar-refractivity contribution in [3.05, 3.63) is 162 Å². The van der Waals surface area contributed by atoms with Crippen LogP contribution in [0.2, 0.25) is 0 Å². The monoisotopic (exact) mass is 544 g/mol. The van der Waals surface area contributed by atoms with Crippen LogP contribution in [-0.4, -0.2) is 19.8 Å². The molecule has 0 N–H and O–H groups in total. The van der Waals surface area contributed by atoms with Crippen LogP contribution in [0.3, 0.4) is 0 Å². The zero-order chi connectivity index (χ0) is 29.2. The number of ether oxygens (including phenoxy) is 3. The van der Waals surface area contributed by atoms with Crippen molar-refractivity contribution in [1.82, 2.24) is 0 Å². The lowest BCUT2D eigenvalue weighted by Gasteiger charge is -2.33. The van der Waals surface area contributed by atoms with Crippen molar-refractivity contribution in [2.24, 2.45) is 0 Å². The number of hydrogen-bond acceptors (Lipinski definition) is 3. The lowest BCUT2D eigenvalue weighted by molar-refractivity contribution is 0.362. The second kappa shape index (κ2) is 13.7. The molecule has 0 amide bonds. The first kappa shape index (κ1) is 29.5. The molecule has 3 nitrogen and oxygen atoms in total. The van der Waals surface area contributed by atoms with Crippen LogP contribution in [0, 0.1) is 6.92 Å². The Labute approximate surface area is 245 Å². The third-order valence-corrected chi connectivity index (χ3v) is 7.67. The van der Waals surface area contributed by atoms with Crippen LogP contribution >= 0.6 is 0 Å². The van der Waals surface area contributed by atoms with Crippen molar-refractivity contribution >= 4 is 0 Å². The lowest BCUT2D eigenvalue weighted by Crippen LogP contribution is -2.26. The van der Waals surface area contributed by atoms with E-state index in [-0.39, 0.29) is 5.92 Å². The average molecular weight is 545 g/mol. The quantitative estimate of drug-likeness (QED) is 0.117. The van der Waals surface area contributed by atoms with E-state index in [1.807, 2.05) is 36.4 Å². The second-order valence-electron chi connectivity index (χ2n) is 10.3. The first-order chi connectivity index (χ1) is 19.9. The van der Waals surface area contributed by atoms with Gasteiger partial charge in [0.05, 0.1) is 0 Å². The third-order valence-electron chi connectivity index (χ3n) is 7.67. The molecular formula is C38H40O3. The molecule has 0 saturated heterocycles. The molecule has 3 heteroatoms. The molecule has 0 radical (unpaired) electrons. The molecule has 4 aromatic rings. The maximum atomic E-state index is 5.78. The van der Waals surface area contributed by atoms with E-state index in [0.29, 0.717) is 19.8 Å². The van der Waals surface area contributed by atoms with Gasteiger partial charge in [0.25, 0.3) is 0 Å². The summed E-state index contributed by atoms with van der Waals surface area (Å²) in [5.41, 5.74) is 6.95. The van der Waals surface area contributed by atoms with E-state index in [4.69, 9.17) is 14.2 Å². The van der Waals surface area contributed by atoms with E-state index >= 15 is 0 Å². The summed E-state index contributed by atoms with van der Waals surface area (Å²) in [6.45, 7) is 19.4. The maximum absolute atomic E-state index is 5.78. The summed E-state index contributed by atoms with van der Waals surface area (Å²) < 4.78 is 17.2. The largest absolute Gasteiger partial charge is 0.490 e. The van der Waals surface area contributed by atoms with Crippen LogP contribution in [0.4, 0.5) is 0 Å². The predicted octanol–water partition coefficient (Wildman–Crippen LogP) is 9.20. The molecular weight excluding hydrogens is 504 g/mol. The maximum Gasteiger partial charge on any atom is 0.119 e. The van der Waals surface area contributed by atoms with Crippen LogP contribution in [-0.2, 0) is 5.41 Å². The van der Waals surface area contributed by atoms with E-state index in [1.54, 1.807) is 18.2 Å². The van der Waals surface area contributed by atoms with E-state index in [0.717, 1.165) is 17.2 Å². The van der Waals surface area contributed by atoms with Gasteiger partial charge in [-0.05, 0) is 83.6 Å². The zero-order valence-electron chi connectivity index (χ0n) is 24.4. The summed E-state index contributed by atoms with van der Waals surface area (Å²) in [6.07, 6.45) is 5.27. The molecule has 4 rings (SSSR count). The summed E-state index contributed by atoms with van der Waals surface area (Å²) >= 11 is 0. The fourth-order valence-electron chi connectivity index (χ4n) is 5.18. The second-order valence-corrected chi connectivity index (χ2v) is 10.3. The minimum Gasteiger partial charge on any atom is -0.490 e. The molecule has 0 bridgehead atoms. The van der Waals surface area contributed by atoms with Crippen LogP contribution in [0.15, 0.2) is 129 Å². The Hall–Kier alpha value is -4.50. The molecule has 41 heavy (non-hydrogen) atoms. The van der Waals surface area contributed by atoms with Crippen molar-refractivity contribution in [1.29, 1.82) is 0 Å². The Kier molecular flexibility index (Phi) is 9.86. The van der Waals surface area contributed by atoms with Gasteiger partial charge in [-0.15, -0.1) is 0 Å². The van der Waals surface area contributed by atoms with Crippen molar-refractivity contribution < 1.29 is 14.2 Å². The average Bonchev–Trinajstić information content (AvgIpc) is 3.02. The molecule has 4 aromatic carbocycles. The highest BCUT2D eigenvalue weighted by Crippen LogP contribution is 2.42. The van der Waals surface area contributed by atoms with Crippen molar-refractivity contribution in [2.45, 2.75) is 32.1 Å². The molecule has 0 saturated carbocycles. The Bertz CT molecular complexity index is 1390. The van der Waals surface area contributed by atoms with Crippen LogP contribution in [0.1, 0.15) is 53.1 Å². The molecule has 0 spiro atoms. The summed E-state index contributed by atoms with van der Waals surface area (Å²) in [5, 5.41) is 0. The topological polar surface area (TPSA) is 27.7 Å². The summed E-state index contributed by atoms with van der Waals surface area (Å²) in [5.74, 6) is 2.70. The van der Waals surface area contributed by atoms with Crippen molar-refractivity contribution in [3.8, 4) is 17.2 Å². The molecule has 0 aliphatic carbocycles. The standard InChI is InChI=1S/C38H40O3/c1-7-24-39-34-18-11-30(12-19-34)29(5)37-27-33(13-10-28(37)4)38(6,31-14-20-35(21-15-31)40-25-8-2)32-16-22-36(23-17-32)41-26-9-3/h7-23,27,29H,1-3,24-26H2,4-6H3. The first-order valence-corrected chi connectivity index (χ1v) is 14.0. The Morgan fingerprint density at radius 1 is 0.610 bits per heavy atom. The molecule has 0 aliphatic heterocycles. The Morgan fingerprint density at radius 3 is 1.41 bits per heavy atom. The number of benzene rings is 4. The highest BCUT2D eigenvalue weighted by Gasteiger charge is 2.32. The van der Waals surface area contributed by atoms with Crippen LogP contribution in [0.25, 0.3) is 0 Å². The molecule has 1 unspecified atom stereocenters. The van der Waals surface area contributed by atoms with E-state index in [9.17, 15) is 0 Å². The number of hydrogen-bond donors (Lipinski definition) is 0. The number of rotatable bonds is 14.